The first kappa shape index (κ1) is 17.8. The third-order valence-corrected chi connectivity index (χ3v) is 5.24. The lowest BCUT2D eigenvalue weighted by Crippen LogP contribution is -2.23. The molecule has 0 radical (unpaired) electrons. The number of carbonyl (C=O) groups excluding carboxylic acids is 1. The molecule has 2 aromatic rings. The van der Waals surface area contributed by atoms with Crippen LogP contribution in [0.3, 0.4) is 0 Å². The van der Waals surface area contributed by atoms with Crippen LogP contribution < -0.4 is 4.74 Å². The van der Waals surface area contributed by atoms with Gasteiger partial charge in [-0.1, -0.05) is 53.6 Å². The number of nitrogens with zero attached hydrogens (tertiary/aromatic N) is 1. The van der Waals surface area contributed by atoms with Crippen molar-refractivity contribution in [3.63, 3.8) is 0 Å². The average Bonchev–Trinajstić information content (AvgIpc) is 2.86. The Bertz CT molecular complexity index is 832. The predicted octanol–water partition coefficient (Wildman–Crippen LogP) is 5.62. The summed E-state index contributed by atoms with van der Waals surface area (Å²) in [6.07, 6.45) is 5.81. The smallest absolute Gasteiger partial charge is 0.258 e. The lowest BCUT2D eigenvalue weighted by molar-refractivity contribution is 0.0767. The highest BCUT2D eigenvalue weighted by Crippen LogP contribution is 2.39. The van der Waals surface area contributed by atoms with Gasteiger partial charge < -0.3 is 9.64 Å². The van der Waals surface area contributed by atoms with E-state index in [1.54, 1.807) is 18.1 Å². The molecular formula is C20H19Cl2NO2. The molecule has 1 amide bonds. The van der Waals surface area contributed by atoms with E-state index in [1.807, 2.05) is 43.5 Å². The molecule has 0 N–H and O–H groups in total. The van der Waals surface area contributed by atoms with E-state index in [0.717, 1.165) is 24.0 Å². The van der Waals surface area contributed by atoms with Gasteiger partial charge in [0, 0.05) is 7.05 Å². The van der Waals surface area contributed by atoms with Crippen molar-refractivity contribution in [2.45, 2.75) is 18.9 Å². The van der Waals surface area contributed by atoms with Crippen molar-refractivity contribution < 1.29 is 9.53 Å². The summed E-state index contributed by atoms with van der Waals surface area (Å²) in [5, 5.41) is 1.10. The molecule has 3 nitrogen and oxygen atoms in total. The van der Waals surface area contributed by atoms with E-state index in [0.29, 0.717) is 21.4 Å². The number of hydrogen-bond donors (Lipinski definition) is 0. The highest BCUT2D eigenvalue weighted by atomic mass is 35.5. The van der Waals surface area contributed by atoms with Crippen LogP contribution in [0.1, 0.15) is 40.4 Å². The van der Waals surface area contributed by atoms with E-state index < -0.39 is 0 Å². The number of amides is 1. The number of benzene rings is 2. The van der Waals surface area contributed by atoms with Gasteiger partial charge in [0.15, 0.2) is 0 Å². The van der Waals surface area contributed by atoms with Gasteiger partial charge in [-0.2, -0.15) is 0 Å². The quantitative estimate of drug-likeness (QED) is 0.678. The normalized spacial score (nSPS) is 16.6. The molecule has 0 spiro atoms. The van der Waals surface area contributed by atoms with Crippen molar-refractivity contribution >= 4 is 35.2 Å². The molecule has 130 valence electrons. The van der Waals surface area contributed by atoms with Crippen LogP contribution in [0.5, 0.6) is 5.75 Å². The monoisotopic (exact) mass is 375 g/mol. The molecule has 1 aliphatic rings. The molecule has 1 heterocycles. The van der Waals surface area contributed by atoms with E-state index in [-0.39, 0.29) is 11.9 Å². The number of rotatable bonds is 5. The topological polar surface area (TPSA) is 29.5 Å². The summed E-state index contributed by atoms with van der Waals surface area (Å²) < 4.78 is 5.34. The zero-order valence-electron chi connectivity index (χ0n) is 14.1. The number of carbonyl (C=O) groups is 1. The Kier molecular flexibility index (Phi) is 5.36. The maximum Gasteiger partial charge on any atom is 0.258 e. The number of ether oxygens (including phenoxy) is 1. The van der Waals surface area contributed by atoms with Gasteiger partial charge in [-0.25, -0.2) is 0 Å². The summed E-state index contributed by atoms with van der Waals surface area (Å²) in [5.74, 6) is 0.661. The largest absolute Gasteiger partial charge is 0.496 e. The van der Waals surface area contributed by atoms with Crippen LogP contribution in [0.4, 0.5) is 0 Å². The fourth-order valence-corrected chi connectivity index (χ4v) is 3.50. The summed E-state index contributed by atoms with van der Waals surface area (Å²) in [6, 6.07) is 11.4. The van der Waals surface area contributed by atoms with Crippen molar-refractivity contribution in [1.29, 1.82) is 0 Å². The summed E-state index contributed by atoms with van der Waals surface area (Å²) in [7, 11) is 3.44. The van der Waals surface area contributed by atoms with E-state index in [1.165, 1.54) is 0 Å². The summed E-state index contributed by atoms with van der Waals surface area (Å²) in [4.78, 5) is 14.3. The van der Waals surface area contributed by atoms with Gasteiger partial charge in [-0.05, 0) is 42.2 Å². The molecule has 3 rings (SSSR count). The molecule has 5 heteroatoms. The summed E-state index contributed by atoms with van der Waals surface area (Å²) in [5.41, 5.74) is 2.73. The maximum absolute atomic E-state index is 12.5. The second-order valence-electron chi connectivity index (χ2n) is 6.01. The van der Waals surface area contributed by atoms with Crippen molar-refractivity contribution in [2.75, 3.05) is 14.2 Å². The third kappa shape index (κ3) is 3.53. The van der Waals surface area contributed by atoms with Gasteiger partial charge in [0.05, 0.1) is 28.8 Å². The van der Waals surface area contributed by atoms with Crippen LogP contribution in [0.15, 0.2) is 42.5 Å². The van der Waals surface area contributed by atoms with Crippen LogP contribution in [0.2, 0.25) is 10.0 Å². The van der Waals surface area contributed by atoms with E-state index in [4.69, 9.17) is 27.9 Å². The molecule has 25 heavy (non-hydrogen) atoms. The lowest BCUT2D eigenvalue weighted by Gasteiger charge is -2.19. The fourth-order valence-electron chi connectivity index (χ4n) is 3.19. The van der Waals surface area contributed by atoms with Crippen LogP contribution in [0, 0.1) is 0 Å². The molecule has 0 fully saturated rings. The van der Waals surface area contributed by atoms with Crippen molar-refractivity contribution in [3.8, 4) is 5.75 Å². The fraction of sp³-hybridized carbons (Fsp3) is 0.250. The number of methoxy groups -OCH3 is 1. The second-order valence-corrected chi connectivity index (χ2v) is 6.82. The Morgan fingerprint density at radius 3 is 2.72 bits per heavy atom. The molecule has 0 aliphatic carbocycles. The van der Waals surface area contributed by atoms with Gasteiger partial charge in [0.2, 0.25) is 0 Å². The van der Waals surface area contributed by atoms with Gasteiger partial charge in [-0.15, -0.1) is 0 Å². The third-order valence-electron chi connectivity index (χ3n) is 4.50. The molecule has 0 saturated heterocycles. The molecule has 0 saturated carbocycles. The van der Waals surface area contributed by atoms with E-state index in [2.05, 4.69) is 6.08 Å². The average molecular weight is 376 g/mol. The Hall–Kier alpha value is -1.97. The molecular weight excluding hydrogens is 357 g/mol. The molecule has 1 unspecified atom stereocenters. The first-order chi connectivity index (χ1) is 12.0. The Labute approximate surface area is 157 Å². The zero-order valence-corrected chi connectivity index (χ0v) is 15.6. The minimum Gasteiger partial charge on any atom is -0.496 e. The van der Waals surface area contributed by atoms with E-state index in [9.17, 15) is 4.79 Å². The Morgan fingerprint density at radius 2 is 2.00 bits per heavy atom. The summed E-state index contributed by atoms with van der Waals surface area (Å²) >= 11 is 12.0. The molecule has 1 aliphatic heterocycles. The molecule has 1 atom stereocenters. The number of allylic oxidation sites excluding steroid dienone is 1. The highest BCUT2D eigenvalue weighted by Gasteiger charge is 2.35. The molecule has 2 aromatic carbocycles. The predicted molar refractivity (Wildman–Crippen MR) is 103 cm³/mol. The van der Waals surface area contributed by atoms with Gasteiger partial charge in [0.1, 0.15) is 5.75 Å². The summed E-state index contributed by atoms with van der Waals surface area (Å²) in [6.45, 7) is 0. The van der Waals surface area contributed by atoms with E-state index >= 15 is 0 Å². The number of halogens is 2. The SMILES string of the molecule is COc1cccc2c1C(=O)N(C)C2CCC=Cc1ccc(Cl)c(Cl)c1. The minimum atomic E-state index is 0.0194. The Morgan fingerprint density at radius 1 is 1.20 bits per heavy atom. The van der Waals surface area contributed by atoms with Crippen LogP contribution in [0.25, 0.3) is 6.08 Å². The van der Waals surface area contributed by atoms with Crippen molar-refractivity contribution in [1.82, 2.24) is 4.90 Å². The maximum atomic E-state index is 12.5. The van der Waals surface area contributed by atoms with Crippen molar-refractivity contribution in [3.05, 3.63) is 69.2 Å². The Balaban J connectivity index is 1.71. The molecule has 0 bridgehead atoms. The zero-order chi connectivity index (χ0) is 18.0. The lowest BCUT2D eigenvalue weighted by atomic mass is 10.00. The van der Waals surface area contributed by atoms with Crippen molar-refractivity contribution in [2.24, 2.45) is 0 Å². The number of hydrogen-bond acceptors (Lipinski definition) is 2. The van der Waals surface area contributed by atoms with Gasteiger partial charge in [-0.3, -0.25) is 4.79 Å². The highest BCUT2D eigenvalue weighted by molar-refractivity contribution is 6.42. The first-order valence-electron chi connectivity index (χ1n) is 8.08. The second kappa shape index (κ2) is 7.51. The van der Waals surface area contributed by atoms with Crippen LogP contribution >= 0.6 is 23.2 Å². The standard InChI is InChI=1S/C20H19Cl2NO2/c1-23-17(14-7-5-9-18(25-2)19(14)20(23)24)8-4-3-6-13-10-11-15(21)16(22)12-13/h3,5-7,9-12,17H,4,8H2,1-2H3. The van der Waals surface area contributed by atoms with Gasteiger partial charge in [0.25, 0.3) is 5.91 Å². The minimum absolute atomic E-state index is 0.0194. The number of fused-ring (bicyclic) bond motifs is 1. The van der Waals surface area contributed by atoms with Crippen LogP contribution in [-0.4, -0.2) is 25.0 Å². The van der Waals surface area contributed by atoms with Crippen LogP contribution in [-0.2, 0) is 0 Å². The first-order valence-corrected chi connectivity index (χ1v) is 8.84. The molecule has 0 aromatic heterocycles. The van der Waals surface area contributed by atoms with Gasteiger partial charge >= 0.3 is 0 Å².